The Morgan fingerprint density at radius 1 is 1.16 bits per heavy atom. The molecule has 2 rings (SSSR count). The normalized spacial score (nSPS) is 22.2. The molecule has 0 spiro atoms. The molecule has 2 unspecified atom stereocenters. The Morgan fingerprint density at radius 3 is 2.42 bits per heavy atom. The molecule has 1 aliphatic rings. The van der Waals surface area contributed by atoms with Gasteiger partial charge in [0.1, 0.15) is 0 Å². The standard InChI is InChI=1S/C16H25NO2/c1-16(2,3)17-10-12-8-13(12)11-6-7-14(18-4)15(9-11)19-5/h6-7,9,12-13,17H,8,10H2,1-5H3. The summed E-state index contributed by atoms with van der Waals surface area (Å²) < 4.78 is 10.6. The predicted molar refractivity (Wildman–Crippen MR) is 78.1 cm³/mol. The van der Waals surface area contributed by atoms with Gasteiger partial charge in [-0.25, -0.2) is 0 Å². The van der Waals surface area contributed by atoms with Gasteiger partial charge >= 0.3 is 0 Å². The molecule has 0 heterocycles. The van der Waals surface area contributed by atoms with Crippen LogP contribution >= 0.6 is 0 Å². The summed E-state index contributed by atoms with van der Waals surface area (Å²) in [4.78, 5) is 0. The van der Waals surface area contributed by atoms with Crippen LogP contribution in [0.5, 0.6) is 11.5 Å². The molecule has 3 heteroatoms. The highest BCUT2D eigenvalue weighted by atomic mass is 16.5. The van der Waals surface area contributed by atoms with Crippen LogP contribution < -0.4 is 14.8 Å². The average Bonchev–Trinajstić information content (AvgIpc) is 3.14. The van der Waals surface area contributed by atoms with E-state index in [4.69, 9.17) is 9.47 Å². The third kappa shape index (κ3) is 3.63. The van der Waals surface area contributed by atoms with E-state index in [2.05, 4.69) is 38.2 Å². The van der Waals surface area contributed by atoms with Crippen molar-refractivity contribution in [1.82, 2.24) is 5.32 Å². The number of benzene rings is 1. The van der Waals surface area contributed by atoms with Crippen LogP contribution in [0.3, 0.4) is 0 Å². The molecule has 0 radical (unpaired) electrons. The number of rotatable bonds is 5. The predicted octanol–water partition coefficient (Wildman–Crippen LogP) is 3.20. The van der Waals surface area contributed by atoms with E-state index >= 15 is 0 Å². The van der Waals surface area contributed by atoms with Crippen molar-refractivity contribution in [1.29, 1.82) is 0 Å². The maximum Gasteiger partial charge on any atom is 0.160 e. The first kappa shape index (κ1) is 14.2. The summed E-state index contributed by atoms with van der Waals surface area (Å²) in [6.07, 6.45) is 1.26. The molecule has 3 nitrogen and oxygen atoms in total. The molecule has 0 aromatic heterocycles. The van der Waals surface area contributed by atoms with E-state index in [0.29, 0.717) is 5.92 Å². The molecule has 1 aromatic rings. The molecule has 1 N–H and O–H groups in total. The molecule has 0 saturated heterocycles. The molecular weight excluding hydrogens is 238 g/mol. The lowest BCUT2D eigenvalue weighted by Crippen LogP contribution is -2.37. The summed E-state index contributed by atoms with van der Waals surface area (Å²) in [5, 5.41) is 3.58. The van der Waals surface area contributed by atoms with Gasteiger partial charge in [-0.1, -0.05) is 6.07 Å². The minimum atomic E-state index is 0.199. The Bertz CT molecular complexity index is 437. The van der Waals surface area contributed by atoms with E-state index in [-0.39, 0.29) is 5.54 Å². The van der Waals surface area contributed by atoms with Gasteiger partial charge in [0.25, 0.3) is 0 Å². The molecule has 1 fully saturated rings. The monoisotopic (exact) mass is 263 g/mol. The lowest BCUT2D eigenvalue weighted by Gasteiger charge is -2.20. The van der Waals surface area contributed by atoms with E-state index in [1.165, 1.54) is 12.0 Å². The zero-order chi connectivity index (χ0) is 14.0. The van der Waals surface area contributed by atoms with Crippen molar-refractivity contribution in [2.45, 2.75) is 38.6 Å². The zero-order valence-electron chi connectivity index (χ0n) is 12.6. The summed E-state index contributed by atoms with van der Waals surface area (Å²) in [5.74, 6) is 3.04. The molecule has 1 saturated carbocycles. The van der Waals surface area contributed by atoms with E-state index in [1.807, 2.05) is 6.07 Å². The SMILES string of the molecule is COc1ccc(C2CC2CNC(C)(C)C)cc1OC. The van der Waals surface area contributed by atoms with Crippen molar-refractivity contribution < 1.29 is 9.47 Å². The molecule has 19 heavy (non-hydrogen) atoms. The van der Waals surface area contributed by atoms with Crippen LogP contribution in [-0.4, -0.2) is 26.3 Å². The Labute approximate surface area is 116 Å². The second-order valence-corrected chi connectivity index (χ2v) is 6.35. The van der Waals surface area contributed by atoms with E-state index < -0.39 is 0 Å². The summed E-state index contributed by atoms with van der Waals surface area (Å²) >= 11 is 0. The first-order valence-electron chi connectivity index (χ1n) is 6.91. The van der Waals surface area contributed by atoms with Crippen LogP contribution in [0.4, 0.5) is 0 Å². The molecular formula is C16H25NO2. The highest BCUT2D eigenvalue weighted by Crippen LogP contribution is 2.48. The van der Waals surface area contributed by atoms with E-state index in [9.17, 15) is 0 Å². The fourth-order valence-electron chi connectivity index (χ4n) is 2.40. The average molecular weight is 263 g/mol. The van der Waals surface area contributed by atoms with Crippen LogP contribution in [0.1, 0.15) is 38.7 Å². The highest BCUT2D eigenvalue weighted by molar-refractivity contribution is 5.45. The van der Waals surface area contributed by atoms with Crippen molar-refractivity contribution in [2.75, 3.05) is 20.8 Å². The third-order valence-electron chi connectivity index (χ3n) is 3.65. The van der Waals surface area contributed by atoms with Gasteiger partial charge in [-0.2, -0.15) is 0 Å². The summed E-state index contributed by atoms with van der Waals surface area (Å²) in [7, 11) is 3.36. The van der Waals surface area contributed by atoms with Gasteiger partial charge in [0.05, 0.1) is 14.2 Å². The summed E-state index contributed by atoms with van der Waals surface area (Å²) in [6, 6.07) is 6.27. The zero-order valence-corrected chi connectivity index (χ0v) is 12.6. The number of hydrogen-bond donors (Lipinski definition) is 1. The number of nitrogens with one attached hydrogen (secondary N) is 1. The van der Waals surface area contributed by atoms with Gasteiger partial charge in [0.2, 0.25) is 0 Å². The van der Waals surface area contributed by atoms with Gasteiger partial charge in [-0.05, 0) is 63.3 Å². The molecule has 1 aliphatic carbocycles. The first-order valence-corrected chi connectivity index (χ1v) is 6.91. The van der Waals surface area contributed by atoms with E-state index in [1.54, 1.807) is 14.2 Å². The number of ether oxygens (including phenoxy) is 2. The number of methoxy groups -OCH3 is 2. The molecule has 0 aliphatic heterocycles. The lowest BCUT2D eigenvalue weighted by molar-refractivity contribution is 0.354. The first-order chi connectivity index (χ1) is 8.94. The van der Waals surface area contributed by atoms with Crippen molar-refractivity contribution in [3.63, 3.8) is 0 Å². The van der Waals surface area contributed by atoms with Crippen LogP contribution in [0.25, 0.3) is 0 Å². The molecule has 106 valence electrons. The Morgan fingerprint density at radius 2 is 1.84 bits per heavy atom. The molecule has 0 bridgehead atoms. The van der Waals surface area contributed by atoms with Crippen molar-refractivity contribution in [3.8, 4) is 11.5 Å². The Hall–Kier alpha value is -1.22. The maximum atomic E-state index is 5.36. The quantitative estimate of drug-likeness (QED) is 0.885. The largest absolute Gasteiger partial charge is 0.493 e. The Balaban J connectivity index is 1.97. The molecule has 2 atom stereocenters. The van der Waals surface area contributed by atoms with Crippen LogP contribution in [-0.2, 0) is 0 Å². The van der Waals surface area contributed by atoms with Crippen LogP contribution in [0.15, 0.2) is 18.2 Å². The van der Waals surface area contributed by atoms with Crippen molar-refractivity contribution in [3.05, 3.63) is 23.8 Å². The van der Waals surface area contributed by atoms with Crippen LogP contribution in [0.2, 0.25) is 0 Å². The second kappa shape index (κ2) is 5.41. The topological polar surface area (TPSA) is 30.5 Å². The lowest BCUT2D eigenvalue weighted by atomic mass is 10.1. The van der Waals surface area contributed by atoms with Gasteiger partial charge in [0, 0.05) is 5.54 Å². The second-order valence-electron chi connectivity index (χ2n) is 6.35. The third-order valence-corrected chi connectivity index (χ3v) is 3.65. The maximum absolute atomic E-state index is 5.36. The fourth-order valence-corrected chi connectivity index (χ4v) is 2.40. The smallest absolute Gasteiger partial charge is 0.160 e. The van der Waals surface area contributed by atoms with Crippen molar-refractivity contribution >= 4 is 0 Å². The van der Waals surface area contributed by atoms with Crippen LogP contribution in [0, 0.1) is 5.92 Å². The Kier molecular flexibility index (Phi) is 4.04. The minimum Gasteiger partial charge on any atom is -0.493 e. The minimum absolute atomic E-state index is 0.199. The van der Waals surface area contributed by atoms with Gasteiger partial charge in [-0.15, -0.1) is 0 Å². The molecule has 1 aromatic carbocycles. The fraction of sp³-hybridized carbons (Fsp3) is 0.625. The van der Waals surface area contributed by atoms with Crippen molar-refractivity contribution in [2.24, 2.45) is 5.92 Å². The molecule has 0 amide bonds. The summed E-state index contributed by atoms with van der Waals surface area (Å²) in [6.45, 7) is 7.71. The van der Waals surface area contributed by atoms with Gasteiger partial charge in [0.15, 0.2) is 11.5 Å². The highest BCUT2D eigenvalue weighted by Gasteiger charge is 2.38. The van der Waals surface area contributed by atoms with Gasteiger partial charge < -0.3 is 14.8 Å². The number of hydrogen-bond acceptors (Lipinski definition) is 3. The van der Waals surface area contributed by atoms with Gasteiger partial charge in [-0.3, -0.25) is 0 Å². The summed E-state index contributed by atoms with van der Waals surface area (Å²) in [5.41, 5.74) is 1.56. The van der Waals surface area contributed by atoms with E-state index in [0.717, 1.165) is 24.0 Å².